The molecule has 0 fully saturated rings. The van der Waals surface area contributed by atoms with Crippen LogP contribution < -0.4 is 16.0 Å². The highest BCUT2D eigenvalue weighted by Gasteiger charge is 2.19. The topological polar surface area (TPSA) is 78.7 Å². The maximum absolute atomic E-state index is 11.0. The molecule has 1 aromatic carbocycles. The Kier molecular flexibility index (Phi) is 7.53. The molecule has 3 rings (SSSR count). The largest absolute Gasteiger partial charge is 0.469 e. The monoisotopic (exact) mass is 382 g/mol. The Morgan fingerprint density at radius 3 is 2.79 bits per heavy atom. The van der Waals surface area contributed by atoms with Crippen LogP contribution in [0.5, 0.6) is 0 Å². The Balaban J connectivity index is 1.53. The second kappa shape index (κ2) is 10.5. The van der Waals surface area contributed by atoms with E-state index in [-0.39, 0.29) is 5.91 Å². The Labute approximate surface area is 166 Å². The van der Waals surface area contributed by atoms with Crippen molar-refractivity contribution < 1.29 is 9.21 Å². The molecule has 0 radical (unpaired) electrons. The molecule has 1 heterocycles. The van der Waals surface area contributed by atoms with Gasteiger partial charge in [-0.05, 0) is 48.9 Å². The van der Waals surface area contributed by atoms with Crippen LogP contribution in [-0.2, 0) is 24.1 Å². The summed E-state index contributed by atoms with van der Waals surface area (Å²) in [5.74, 6) is 1.79. The van der Waals surface area contributed by atoms with E-state index in [2.05, 4.69) is 40.2 Å². The quantitative estimate of drug-likeness (QED) is 0.372. The van der Waals surface area contributed by atoms with Crippen molar-refractivity contribution in [3.05, 3.63) is 59.5 Å². The molecule has 1 atom stereocenters. The maximum atomic E-state index is 11.0. The van der Waals surface area contributed by atoms with Crippen molar-refractivity contribution in [3.8, 4) is 0 Å². The van der Waals surface area contributed by atoms with Gasteiger partial charge in [0, 0.05) is 39.0 Å². The van der Waals surface area contributed by atoms with E-state index in [1.165, 1.54) is 18.1 Å². The zero-order valence-corrected chi connectivity index (χ0v) is 16.5. The molecule has 6 nitrogen and oxygen atoms in total. The summed E-state index contributed by atoms with van der Waals surface area (Å²) in [6, 6.07) is 12.9. The third-order valence-corrected chi connectivity index (χ3v) is 4.91. The molecular formula is C22H30N4O2. The number of aryl methyl sites for hydroxylation is 1. The van der Waals surface area contributed by atoms with E-state index >= 15 is 0 Å². The van der Waals surface area contributed by atoms with Gasteiger partial charge in [-0.3, -0.25) is 9.79 Å². The van der Waals surface area contributed by atoms with E-state index in [0.717, 1.165) is 50.4 Å². The molecule has 0 saturated heterocycles. The Hall–Kier alpha value is -2.76. The number of aliphatic imine (C=N–C) groups is 1. The molecule has 1 aliphatic carbocycles. The van der Waals surface area contributed by atoms with Gasteiger partial charge in [0.1, 0.15) is 5.76 Å². The van der Waals surface area contributed by atoms with Gasteiger partial charge >= 0.3 is 0 Å². The van der Waals surface area contributed by atoms with Gasteiger partial charge in [-0.1, -0.05) is 24.3 Å². The summed E-state index contributed by atoms with van der Waals surface area (Å²) < 4.78 is 5.40. The van der Waals surface area contributed by atoms with E-state index in [1.807, 2.05) is 12.1 Å². The van der Waals surface area contributed by atoms with E-state index in [9.17, 15) is 4.79 Å². The molecule has 2 aromatic rings. The van der Waals surface area contributed by atoms with Crippen molar-refractivity contribution in [1.82, 2.24) is 16.0 Å². The third-order valence-electron chi connectivity index (χ3n) is 4.91. The van der Waals surface area contributed by atoms with Gasteiger partial charge in [-0.15, -0.1) is 0 Å². The van der Waals surface area contributed by atoms with Crippen LogP contribution in [0.1, 0.15) is 36.7 Å². The van der Waals surface area contributed by atoms with Crippen molar-refractivity contribution in [3.63, 3.8) is 0 Å². The number of fused-ring (bicyclic) bond motifs is 1. The van der Waals surface area contributed by atoms with E-state index in [4.69, 9.17) is 9.41 Å². The number of benzene rings is 1. The summed E-state index contributed by atoms with van der Waals surface area (Å²) >= 11 is 0. The Morgan fingerprint density at radius 2 is 2.00 bits per heavy atom. The minimum absolute atomic E-state index is 0.000211. The molecule has 3 N–H and O–H groups in total. The predicted octanol–water partition coefficient (Wildman–Crippen LogP) is 2.44. The number of rotatable bonds is 8. The van der Waals surface area contributed by atoms with Crippen LogP contribution >= 0.6 is 0 Å². The fraction of sp³-hybridized carbons (Fsp3) is 0.455. The summed E-state index contributed by atoms with van der Waals surface area (Å²) in [5, 5.41) is 9.83. The van der Waals surface area contributed by atoms with Crippen LogP contribution in [0.2, 0.25) is 0 Å². The average molecular weight is 383 g/mol. The summed E-state index contributed by atoms with van der Waals surface area (Å²) in [7, 11) is 0. The number of furan rings is 1. The first-order chi connectivity index (χ1) is 13.7. The summed E-state index contributed by atoms with van der Waals surface area (Å²) in [6.45, 7) is 3.61. The van der Waals surface area contributed by atoms with Crippen LogP contribution in [-0.4, -0.2) is 37.5 Å². The zero-order chi connectivity index (χ0) is 19.6. The number of hydrogen-bond donors (Lipinski definition) is 3. The predicted molar refractivity (Wildman–Crippen MR) is 111 cm³/mol. The van der Waals surface area contributed by atoms with Crippen LogP contribution in [0.25, 0.3) is 0 Å². The first-order valence-electron chi connectivity index (χ1n) is 10.1. The molecule has 1 aromatic heterocycles. The lowest BCUT2D eigenvalue weighted by molar-refractivity contribution is -0.118. The van der Waals surface area contributed by atoms with Crippen molar-refractivity contribution in [2.45, 2.75) is 45.1 Å². The van der Waals surface area contributed by atoms with Crippen molar-refractivity contribution in [2.75, 3.05) is 19.6 Å². The van der Waals surface area contributed by atoms with Crippen molar-refractivity contribution in [2.24, 2.45) is 4.99 Å². The summed E-state index contributed by atoms with van der Waals surface area (Å²) in [4.78, 5) is 15.7. The fourth-order valence-electron chi connectivity index (χ4n) is 3.46. The Bertz CT molecular complexity index is 771. The van der Waals surface area contributed by atoms with Gasteiger partial charge in [0.05, 0.1) is 6.26 Å². The van der Waals surface area contributed by atoms with Crippen molar-refractivity contribution in [1.29, 1.82) is 0 Å². The van der Waals surface area contributed by atoms with Gasteiger partial charge < -0.3 is 20.4 Å². The minimum Gasteiger partial charge on any atom is -0.469 e. The average Bonchev–Trinajstić information content (AvgIpc) is 3.20. The second-order valence-corrected chi connectivity index (χ2v) is 7.18. The molecule has 6 heteroatoms. The lowest BCUT2D eigenvalue weighted by Crippen LogP contribution is -2.46. The number of carbonyl (C=O) groups excluding carboxylic acids is 1. The summed E-state index contributed by atoms with van der Waals surface area (Å²) in [6.07, 6.45) is 6.54. The molecule has 0 bridgehead atoms. The number of nitrogens with one attached hydrogen (secondary N) is 3. The molecule has 0 aliphatic heterocycles. The van der Waals surface area contributed by atoms with Crippen molar-refractivity contribution >= 4 is 11.9 Å². The fourth-order valence-corrected chi connectivity index (χ4v) is 3.46. The molecule has 0 spiro atoms. The minimum atomic E-state index is -0.000211. The number of amides is 1. The van der Waals surface area contributed by atoms with Gasteiger partial charge in [-0.2, -0.15) is 0 Å². The number of hydrogen-bond acceptors (Lipinski definition) is 3. The number of nitrogens with zero attached hydrogens (tertiary/aromatic N) is 1. The highest BCUT2D eigenvalue weighted by atomic mass is 16.3. The molecule has 150 valence electrons. The summed E-state index contributed by atoms with van der Waals surface area (Å²) in [5.41, 5.74) is 2.88. The van der Waals surface area contributed by atoms with E-state index in [0.29, 0.717) is 19.1 Å². The molecular weight excluding hydrogens is 352 g/mol. The van der Waals surface area contributed by atoms with Gasteiger partial charge in [0.15, 0.2) is 5.96 Å². The smallest absolute Gasteiger partial charge is 0.216 e. The SMILES string of the molecule is CC(=O)NCCCN=C(NCCc1ccco1)NC1CCc2ccccc2C1. The highest BCUT2D eigenvalue weighted by Crippen LogP contribution is 2.20. The second-order valence-electron chi connectivity index (χ2n) is 7.18. The lowest BCUT2D eigenvalue weighted by Gasteiger charge is -2.27. The van der Waals surface area contributed by atoms with Crippen LogP contribution in [0, 0.1) is 0 Å². The third kappa shape index (κ3) is 6.44. The standard InChI is InChI=1S/C22H30N4O2/c1-17(27)23-12-5-13-24-22(25-14-11-21-8-4-15-28-21)26-20-10-9-18-6-2-3-7-19(18)16-20/h2-4,6-8,15,20H,5,9-14,16H2,1H3,(H,23,27)(H2,24,25,26). The van der Waals surface area contributed by atoms with Gasteiger partial charge in [-0.25, -0.2) is 0 Å². The lowest BCUT2D eigenvalue weighted by atomic mass is 9.88. The molecule has 1 aliphatic rings. The molecule has 1 unspecified atom stereocenters. The normalized spacial score (nSPS) is 16.3. The number of carbonyl (C=O) groups is 1. The number of guanidine groups is 1. The highest BCUT2D eigenvalue weighted by molar-refractivity contribution is 5.80. The maximum Gasteiger partial charge on any atom is 0.216 e. The molecule has 28 heavy (non-hydrogen) atoms. The first kappa shape index (κ1) is 20.0. The van der Waals surface area contributed by atoms with Crippen LogP contribution in [0.3, 0.4) is 0 Å². The Morgan fingerprint density at radius 1 is 1.14 bits per heavy atom. The zero-order valence-electron chi connectivity index (χ0n) is 16.5. The van der Waals surface area contributed by atoms with Crippen LogP contribution in [0.15, 0.2) is 52.1 Å². The molecule has 1 amide bonds. The van der Waals surface area contributed by atoms with Crippen LogP contribution in [0.4, 0.5) is 0 Å². The van der Waals surface area contributed by atoms with E-state index < -0.39 is 0 Å². The van der Waals surface area contributed by atoms with E-state index in [1.54, 1.807) is 6.26 Å². The molecule has 0 saturated carbocycles. The first-order valence-corrected chi connectivity index (χ1v) is 10.1. The van der Waals surface area contributed by atoms with Gasteiger partial charge in [0.25, 0.3) is 0 Å². The van der Waals surface area contributed by atoms with Gasteiger partial charge in [0.2, 0.25) is 5.91 Å².